The molecule has 2 nitrogen and oxygen atoms in total. The Hall–Kier alpha value is -1.27. The lowest BCUT2D eigenvalue weighted by Crippen LogP contribution is -2.24. The first-order valence-electron chi connectivity index (χ1n) is 5.21. The van der Waals surface area contributed by atoms with Crippen molar-refractivity contribution in [1.82, 2.24) is 5.32 Å². The average Bonchev–Trinajstić information content (AvgIpc) is 2.29. The van der Waals surface area contributed by atoms with Crippen molar-refractivity contribution in [3.63, 3.8) is 0 Å². The lowest BCUT2D eigenvalue weighted by atomic mass is 10.2. The summed E-state index contributed by atoms with van der Waals surface area (Å²) in [4.78, 5) is 11.6. The number of carbonyl (C=O) groups is 1. The third kappa shape index (κ3) is 4.50. The number of unbranched alkanes of at least 4 members (excludes halogenated alkanes) is 2. The molecule has 84 valence electrons. The second kappa shape index (κ2) is 7.08. The van der Waals surface area contributed by atoms with Gasteiger partial charge in [0.05, 0.1) is 0 Å². The Morgan fingerprint density at radius 1 is 1.31 bits per heavy atom. The summed E-state index contributed by atoms with van der Waals surface area (Å²) >= 11 is 3.33. The highest BCUT2D eigenvalue weighted by atomic mass is 79.9. The van der Waals surface area contributed by atoms with Crippen LogP contribution >= 0.6 is 15.9 Å². The summed E-state index contributed by atoms with van der Waals surface area (Å²) in [6.07, 6.45) is 7.78. The van der Waals surface area contributed by atoms with E-state index in [1.807, 2.05) is 12.1 Å². The number of nitrogens with one attached hydrogen (secondary N) is 1. The molecule has 0 aromatic heterocycles. The van der Waals surface area contributed by atoms with E-state index in [1.165, 1.54) is 0 Å². The SMILES string of the molecule is C#CCCCCNC(=O)c1ccc(Br)cc1. The van der Waals surface area contributed by atoms with Gasteiger partial charge in [-0.2, -0.15) is 0 Å². The zero-order valence-electron chi connectivity index (χ0n) is 9.00. The first kappa shape index (κ1) is 12.8. The molecule has 0 saturated heterocycles. The Kier molecular flexibility index (Phi) is 5.66. The van der Waals surface area contributed by atoms with Crippen molar-refractivity contribution >= 4 is 21.8 Å². The molecule has 0 atom stereocenters. The van der Waals surface area contributed by atoms with Crippen LogP contribution in [0.15, 0.2) is 28.7 Å². The van der Waals surface area contributed by atoms with Crippen molar-refractivity contribution in [1.29, 1.82) is 0 Å². The standard InChI is InChI=1S/C13H14BrNO/c1-2-3-4-5-10-15-13(16)11-6-8-12(14)9-7-11/h1,6-9H,3-5,10H2,(H,15,16). The molecule has 0 aliphatic carbocycles. The van der Waals surface area contributed by atoms with Crippen LogP contribution in [0.4, 0.5) is 0 Å². The Morgan fingerprint density at radius 3 is 2.62 bits per heavy atom. The van der Waals surface area contributed by atoms with E-state index in [-0.39, 0.29) is 5.91 Å². The first-order chi connectivity index (χ1) is 7.74. The zero-order valence-corrected chi connectivity index (χ0v) is 10.6. The summed E-state index contributed by atoms with van der Waals surface area (Å²) in [5.74, 6) is 2.54. The van der Waals surface area contributed by atoms with E-state index in [2.05, 4.69) is 27.2 Å². The summed E-state index contributed by atoms with van der Waals surface area (Å²) in [5.41, 5.74) is 0.681. The molecular weight excluding hydrogens is 266 g/mol. The summed E-state index contributed by atoms with van der Waals surface area (Å²) in [6, 6.07) is 7.29. The largest absolute Gasteiger partial charge is 0.352 e. The highest BCUT2D eigenvalue weighted by Gasteiger charge is 2.03. The van der Waals surface area contributed by atoms with Gasteiger partial charge in [-0.3, -0.25) is 4.79 Å². The molecule has 1 aromatic carbocycles. The zero-order chi connectivity index (χ0) is 11.8. The van der Waals surface area contributed by atoms with Crippen LogP contribution in [0.5, 0.6) is 0 Å². The minimum Gasteiger partial charge on any atom is -0.352 e. The molecule has 0 unspecified atom stereocenters. The number of carbonyl (C=O) groups excluding carboxylic acids is 1. The van der Waals surface area contributed by atoms with Crippen LogP contribution in [0.3, 0.4) is 0 Å². The van der Waals surface area contributed by atoms with Gasteiger partial charge in [0.1, 0.15) is 0 Å². The predicted molar refractivity (Wildman–Crippen MR) is 69.2 cm³/mol. The van der Waals surface area contributed by atoms with Crippen LogP contribution in [0.1, 0.15) is 29.6 Å². The monoisotopic (exact) mass is 279 g/mol. The fraction of sp³-hybridized carbons (Fsp3) is 0.308. The third-order valence-electron chi connectivity index (χ3n) is 2.14. The first-order valence-corrected chi connectivity index (χ1v) is 6.00. The van der Waals surface area contributed by atoms with Gasteiger partial charge in [0, 0.05) is 23.0 Å². The van der Waals surface area contributed by atoms with Crippen molar-refractivity contribution in [2.24, 2.45) is 0 Å². The Morgan fingerprint density at radius 2 is 2.00 bits per heavy atom. The van der Waals surface area contributed by atoms with Crippen LogP contribution in [0.2, 0.25) is 0 Å². The predicted octanol–water partition coefficient (Wildman–Crippen LogP) is 2.98. The molecule has 0 spiro atoms. The van der Waals surface area contributed by atoms with E-state index in [4.69, 9.17) is 6.42 Å². The normalized spacial score (nSPS) is 9.50. The van der Waals surface area contributed by atoms with Crippen molar-refractivity contribution in [2.75, 3.05) is 6.54 Å². The molecular formula is C13H14BrNO. The van der Waals surface area contributed by atoms with Gasteiger partial charge in [0.2, 0.25) is 0 Å². The summed E-state index contributed by atoms with van der Waals surface area (Å²) in [6.45, 7) is 0.677. The minimum atomic E-state index is -0.0341. The molecule has 1 N–H and O–H groups in total. The third-order valence-corrected chi connectivity index (χ3v) is 2.67. The smallest absolute Gasteiger partial charge is 0.251 e. The number of hydrogen-bond acceptors (Lipinski definition) is 1. The number of amides is 1. The van der Waals surface area contributed by atoms with E-state index in [1.54, 1.807) is 12.1 Å². The van der Waals surface area contributed by atoms with Crippen molar-refractivity contribution in [2.45, 2.75) is 19.3 Å². The number of rotatable bonds is 5. The van der Waals surface area contributed by atoms with Crippen molar-refractivity contribution < 1.29 is 4.79 Å². The van der Waals surface area contributed by atoms with Crippen LogP contribution in [-0.4, -0.2) is 12.5 Å². The van der Waals surface area contributed by atoms with Crippen LogP contribution < -0.4 is 5.32 Å². The number of hydrogen-bond donors (Lipinski definition) is 1. The molecule has 0 aliphatic rings. The number of halogens is 1. The molecule has 0 fully saturated rings. The van der Waals surface area contributed by atoms with Gasteiger partial charge in [-0.05, 0) is 37.1 Å². The van der Waals surface area contributed by atoms with E-state index >= 15 is 0 Å². The van der Waals surface area contributed by atoms with Gasteiger partial charge >= 0.3 is 0 Å². The Bertz CT molecular complexity index is 378. The summed E-state index contributed by atoms with van der Waals surface area (Å²) < 4.78 is 0.970. The topological polar surface area (TPSA) is 29.1 Å². The fourth-order valence-electron chi connectivity index (χ4n) is 1.26. The van der Waals surface area contributed by atoms with E-state index in [9.17, 15) is 4.79 Å². The Labute approximate surface area is 105 Å². The van der Waals surface area contributed by atoms with Gasteiger partial charge in [0.25, 0.3) is 5.91 Å². The van der Waals surface area contributed by atoms with Crippen LogP contribution in [0, 0.1) is 12.3 Å². The molecule has 0 heterocycles. The molecule has 0 aliphatic heterocycles. The minimum absolute atomic E-state index is 0.0341. The molecule has 16 heavy (non-hydrogen) atoms. The second-order valence-electron chi connectivity index (χ2n) is 3.42. The Balaban J connectivity index is 2.30. The van der Waals surface area contributed by atoms with E-state index < -0.39 is 0 Å². The molecule has 1 aromatic rings. The van der Waals surface area contributed by atoms with Gasteiger partial charge in [-0.15, -0.1) is 12.3 Å². The molecule has 1 rings (SSSR count). The van der Waals surface area contributed by atoms with Crippen molar-refractivity contribution in [3.8, 4) is 12.3 Å². The van der Waals surface area contributed by atoms with Gasteiger partial charge in [-0.1, -0.05) is 15.9 Å². The van der Waals surface area contributed by atoms with E-state index in [0.29, 0.717) is 12.1 Å². The maximum atomic E-state index is 11.6. The highest BCUT2D eigenvalue weighted by Crippen LogP contribution is 2.10. The number of benzene rings is 1. The fourth-order valence-corrected chi connectivity index (χ4v) is 1.52. The quantitative estimate of drug-likeness (QED) is 0.652. The molecule has 1 amide bonds. The maximum absolute atomic E-state index is 11.6. The molecule has 0 bridgehead atoms. The highest BCUT2D eigenvalue weighted by molar-refractivity contribution is 9.10. The maximum Gasteiger partial charge on any atom is 0.251 e. The lowest BCUT2D eigenvalue weighted by Gasteiger charge is -2.04. The number of terminal acetylenes is 1. The molecule has 0 saturated carbocycles. The molecule has 0 radical (unpaired) electrons. The van der Waals surface area contributed by atoms with Crippen molar-refractivity contribution in [3.05, 3.63) is 34.3 Å². The molecule has 3 heteroatoms. The van der Waals surface area contributed by atoms with Gasteiger partial charge < -0.3 is 5.32 Å². The van der Waals surface area contributed by atoms with E-state index in [0.717, 1.165) is 23.7 Å². The van der Waals surface area contributed by atoms with Gasteiger partial charge in [0.15, 0.2) is 0 Å². The van der Waals surface area contributed by atoms with Crippen LogP contribution in [-0.2, 0) is 0 Å². The summed E-state index contributed by atoms with van der Waals surface area (Å²) in [5, 5.41) is 2.85. The van der Waals surface area contributed by atoms with Crippen LogP contribution in [0.25, 0.3) is 0 Å². The lowest BCUT2D eigenvalue weighted by molar-refractivity contribution is 0.0953. The average molecular weight is 280 g/mol. The van der Waals surface area contributed by atoms with Gasteiger partial charge in [-0.25, -0.2) is 0 Å². The summed E-state index contributed by atoms with van der Waals surface area (Å²) in [7, 11) is 0. The second-order valence-corrected chi connectivity index (χ2v) is 4.34.